The van der Waals surface area contributed by atoms with Gasteiger partial charge in [0.1, 0.15) is 0 Å². The fourth-order valence-electron chi connectivity index (χ4n) is 2.41. The number of nitrogens with one attached hydrogen (secondary N) is 1. The summed E-state index contributed by atoms with van der Waals surface area (Å²) in [5, 5.41) is 3.91. The Bertz CT molecular complexity index is 879. The maximum absolute atomic E-state index is 12.4. The average molecular weight is 308 g/mol. The second-order valence-electron chi connectivity index (χ2n) is 5.22. The van der Waals surface area contributed by atoms with E-state index >= 15 is 0 Å². The van der Waals surface area contributed by atoms with Crippen molar-refractivity contribution in [2.75, 3.05) is 12.4 Å². The Balaban J connectivity index is 1.79. The maximum atomic E-state index is 12.4. The van der Waals surface area contributed by atoms with E-state index in [-0.39, 0.29) is 5.91 Å². The zero-order valence-electron chi connectivity index (χ0n) is 12.9. The van der Waals surface area contributed by atoms with E-state index in [2.05, 4.69) is 10.1 Å². The van der Waals surface area contributed by atoms with Gasteiger partial charge in [-0.2, -0.15) is 0 Å². The second-order valence-corrected chi connectivity index (χ2v) is 5.22. The molecule has 0 unspecified atom stereocenters. The van der Waals surface area contributed by atoms with Crippen molar-refractivity contribution in [3.8, 4) is 0 Å². The number of ether oxygens (including phenoxy) is 1. The van der Waals surface area contributed by atoms with Gasteiger partial charge in [-0.25, -0.2) is 4.79 Å². The lowest BCUT2D eigenvalue weighted by Crippen LogP contribution is -2.12. The first-order valence-corrected chi connectivity index (χ1v) is 7.13. The predicted molar refractivity (Wildman–Crippen MR) is 88.7 cm³/mol. The first-order chi connectivity index (χ1) is 11.1. The Labute approximate surface area is 133 Å². The smallest absolute Gasteiger partial charge is 0.337 e. The molecule has 0 aliphatic carbocycles. The molecule has 116 valence electrons. The molecule has 0 saturated carbocycles. The summed E-state index contributed by atoms with van der Waals surface area (Å²) in [6, 6.07) is 14.1. The van der Waals surface area contributed by atoms with Crippen LogP contribution in [-0.2, 0) is 11.8 Å². The van der Waals surface area contributed by atoms with Crippen molar-refractivity contribution < 1.29 is 14.3 Å². The van der Waals surface area contributed by atoms with E-state index in [1.54, 1.807) is 30.3 Å². The number of hydrogen-bond donors (Lipinski definition) is 1. The topological polar surface area (TPSA) is 60.3 Å². The van der Waals surface area contributed by atoms with Gasteiger partial charge < -0.3 is 14.6 Å². The third kappa shape index (κ3) is 2.94. The van der Waals surface area contributed by atoms with E-state index in [4.69, 9.17) is 0 Å². The van der Waals surface area contributed by atoms with Crippen LogP contribution in [0.5, 0.6) is 0 Å². The van der Waals surface area contributed by atoms with Crippen molar-refractivity contribution in [1.82, 2.24) is 4.57 Å². The van der Waals surface area contributed by atoms with E-state index in [9.17, 15) is 9.59 Å². The molecule has 23 heavy (non-hydrogen) atoms. The highest BCUT2D eigenvalue weighted by Crippen LogP contribution is 2.18. The van der Waals surface area contributed by atoms with Crippen LogP contribution in [0.2, 0.25) is 0 Å². The number of aryl methyl sites for hydroxylation is 1. The highest BCUT2D eigenvalue weighted by Gasteiger charge is 2.09. The number of hydrogen-bond acceptors (Lipinski definition) is 3. The van der Waals surface area contributed by atoms with Gasteiger partial charge in [-0.1, -0.05) is 6.07 Å². The van der Waals surface area contributed by atoms with E-state index in [0.717, 1.165) is 10.9 Å². The van der Waals surface area contributed by atoms with Gasteiger partial charge >= 0.3 is 5.97 Å². The number of anilines is 1. The Morgan fingerprint density at radius 3 is 2.39 bits per heavy atom. The van der Waals surface area contributed by atoms with E-state index in [1.807, 2.05) is 36.0 Å². The van der Waals surface area contributed by atoms with Gasteiger partial charge in [0.05, 0.1) is 12.7 Å². The Hall–Kier alpha value is -3.08. The molecular weight excluding hydrogens is 292 g/mol. The van der Waals surface area contributed by atoms with E-state index in [0.29, 0.717) is 16.8 Å². The second kappa shape index (κ2) is 5.96. The van der Waals surface area contributed by atoms with E-state index in [1.165, 1.54) is 7.11 Å². The molecule has 0 spiro atoms. The Kier molecular flexibility index (Phi) is 3.85. The minimum absolute atomic E-state index is 0.195. The number of fused-ring (bicyclic) bond motifs is 1. The summed E-state index contributed by atoms with van der Waals surface area (Å²) in [6.45, 7) is 0. The quantitative estimate of drug-likeness (QED) is 0.756. The number of amides is 1. The van der Waals surface area contributed by atoms with Crippen LogP contribution in [-0.4, -0.2) is 23.6 Å². The van der Waals surface area contributed by atoms with Crippen LogP contribution in [0, 0.1) is 0 Å². The summed E-state index contributed by atoms with van der Waals surface area (Å²) in [7, 11) is 3.27. The fraction of sp³-hybridized carbons (Fsp3) is 0.111. The zero-order chi connectivity index (χ0) is 16.4. The van der Waals surface area contributed by atoms with Gasteiger partial charge in [0, 0.05) is 30.0 Å². The summed E-state index contributed by atoms with van der Waals surface area (Å²) >= 11 is 0. The van der Waals surface area contributed by atoms with Crippen LogP contribution in [0.15, 0.2) is 54.7 Å². The van der Waals surface area contributed by atoms with Crippen molar-refractivity contribution in [3.63, 3.8) is 0 Å². The molecule has 0 aliphatic rings. The number of aromatic nitrogens is 1. The van der Waals surface area contributed by atoms with Crippen LogP contribution in [0.4, 0.5) is 5.69 Å². The molecule has 3 rings (SSSR count). The molecule has 0 saturated heterocycles. The Morgan fingerprint density at radius 1 is 1.00 bits per heavy atom. The first kappa shape index (κ1) is 14.8. The van der Waals surface area contributed by atoms with Crippen LogP contribution >= 0.6 is 0 Å². The van der Waals surface area contributed by atoms with Gasteiger partial charge in [0.15, 0.2) is 0 Å². The van der Waals surface area contributed by atoms with Gasteiger partial charge in [0.25, 0.3) is 5.91 Å². The summed E-state index contributed by atoms with van der Waals surface area (Å²) in [5.74, 6) is -0.601. The zero-order valence-corrected chi connectivity index (χ0v) is 12.9. The lowest BCUT2D eigenvalue weighted by atomic mass is 10.1. The predicted octanol–water partition coefficient (Wildman–Crippen LogP) is 3.22. The van der Waals surface area contributed by atoms with Crippen molar-refractivity contribution >= 4 is 28.5 Å². The van der Waals surface area contributed by atoms with Crippen molar-refractivity contribution in [2.24, 2.45) is 7.05 Å². The fourth-order valence-corrected chi connectivity index (χ4v) is 2.41. The molecule has 1 heterocycles. The minimum Gasteiger partial charge on any atom is -0.465 e. The van der Waals surface area contributed by atoms with Crippen molar-refractivity contribution in [2.45, 2.75) is 0 Å². The van der Waals surface area contributed by atoms with Gasteiger partial charge in [-0.3, -0.25) is 4.79 Å². The molecule has 0 aliphatic heterocycles. The normalized spacial score (nSPS) is 10.5. The number of benzene rings is 2. The van der Waals surface area contributed by atoms with Gasteiger partial charge in [0.2, 0.25) is 0 Å². The highest BCUT2D eigenvalue weighted by molar-refractivity contribution is 6.06. The highest BCUT2D eigenvalue weighted by atomic mass is 16.5. The largest absolute Gasteiger partial charge is 0.465 e. The molecular formula is C18H16N2O3. The molecule has 5 heteroatoms. The van der Waals surface area contributed by atoms with Gasteiger partial charge in [-0.05, 0) is 47.9 Å². The molecule has 1 N–H and O–H groups in total. The van der Waals surface area contributed by atoms with Crippen LogP contribution in [0.25, 0.3) is 10.9 Å². The molecule has 0 atom stereocenters. The van der Waals surface area contributed by atoms with Crippen molar-refractivity contribution in [3.05, 3.63) is 65.9 Å². The number of carbonyl (C=O) groups excluding carboxylic acids is 2. The molecule has 0 radical (unpaired) electrons. The SMILES string of the molecule is COC(=O)c1ccc(NC(=O)c2ccc3ccn(C)c3c2)cc1. The molecule has 0 bridgehead atoms. The number of rotatable bonds is 3. The number of methoxy groups -OCH3 is 1. The number of esters is 1. The van der Waals surface area contributed by atoms with Crippen LogP contribution < -0.4 is 5.32 Å². The summed E-state index contributed by atoms with van der Waals surface area (Å²) in [4.78, 5) is 23.7. The standard InChI is InChI=1S/C18H16N2O3/c1-20-10-9-12-3-4-14(11-16(12)20)17(21)19-15-7-5-13(6-8-15)18(22)23-2/h3-11H,1-2H3,(H,19,21). The molecule has 0 fully saturated rings. The summed E-state index contributed by atoms with van der Waals surface area (Å²) < 4.78 is 6.61. The summed E-state index contributed by atoms with van der Waals surface area (Å²) in [6.07, 6.45) is 1.96. The van der Waals surface area contributed by atoms with Crippen LogP contribution in [0.1, 0.15) is 20.7 Å². The average Bonchev–Trinajstić information content (AvgIpc) is 2.95. The van der Waals surface area contributed by atoms with Crippen molar-refractivity contribution in [1.29, 1.82) is 0 Å². The van der Waals surface area contributed by atoms with Gasteiger partial charge in [-0.15, -0.1) is 0 Å². The molecule has 1 aromatic heterocycles. The lowest BCUT2D eigenvalue weighted by molar-refractivity contribution is 0.0600. The lowest BCUT2D eigenvalue weighted by Gasteiger charge is -2.07. The monoisotopic (exact) mass is 308 g/mol. The first-order valence-electron chi connectivity index (χ1n) is 7.13. The molecule has 2 aromatic carbocycles. The molecule has 1 amide bonds. The summed E-state index contributed by atoms with van der Waals surface area (Å²) in [5.41, 5.74) is 2.64. The third-order valence-corrected chi connectivity index (χ3v) is 3.71. The minimum atomic E-state index is -0.406. The number of nitrogens with zero attached hydrogens (tertiary/aromatic N) is 1. The number of carbonyl (C=O) groups is 2. The molecule has 5 nitrogen and oxygen atoms in total. The third-order valence-electron chi connectivity index (χ3n) is 3.71. The van der Waals surface area contributed by atoms with E-state index < -0.39 is 5.97 Å². The Morgan fingerprint density at radius 2 is 1.70 bits per heavy atom. The maximum Gasteiger partial charge on any atom is 0.337 e. The van der Waals surface area contributed by atoms with Crippen LogP contribution in [0.3, 0.4) is 0 Å². The molecule has 3 aromatic rings.